The number of nitrogens with one attached hydrogen (secondary N) is 1. The number of hydrogen-bond acceptors (Lipinski definition) is 3. The topological polar surface area (TPSA) is 41.5 Å². The van der Waals surface area contributed by atoms with Gasteiger partial charge in [0.25, 0.3) is 0 Å². The van der Waals surface area contributed by atoms with Crippen molar-refractivity contribution in [1.29, 1.82) is 0 Å². The number of methoxy groups -OCH3 is 1. The monoisotopic (exact) mass is 223 g/mol. The third kappa shape index (κ3) is 3.59. The minimum absolute atomic E-state index is 0.529. The lowest BCUT2D eigenvalue weighted by Gasteiger charge is -2.26. The molecule has 0 bridgehead atoms. The van der Waals surface area contributed by atoms with E-state index in [1.807, 2.05) is 38.1 Å². The minimum Gasteiger partial charge on any atom is -0.384 e. The van der Waals surface area contributed by atoms with Gasteiger partial charge in [-0.25, -0.2) is 0 Å². The van der Waals surface area contributed by atoms with Gasteiger partial charge < -0.3 is 15.2 Å². The van der Waals surface area contributed by atoms with Crippen molar-refractivity contribution in [2.45, 2.75) is 19.4 Å². The highest BCUT2D eigenvalue weighted by Gasteiger charge is 2.23. The maximum atomic E-state index is 10.4. The molecule has 0 aliphatic heterocycles. The van der Waals surface area contributed by atoms with Crippen LogP contribution in [0.2, 0.25) is 0 Å². The van der Waals surface area contributed by atoms with E-state index in [9.17, 15) is 5.11 Å². The lowest BCUT2D eigenvalue weighted by atomic mass is 9.92. The zero-order valence-corrected chi connectivity index (χ0v) is 10.3. The Morgan fingerprint density at radius 2 is 2.06 bits per heavy atom. The van der Waals surface area contributed by atoms with Crippen molar-refractivity contribution < 1.29 is 9.84 Å². The maximum absolute atomic E-state index is 10.4. The first-order valence-corrected chi connectivity index (χ1v) is 5.56. The highest BCUT2D eigenvalue weighted by Crippen LogP contribution is 2.22. The second kappa shape index (κ2) is 5.99. The molecule has 3 heteroatoms. The van der Waals surface area contributed by atoms with Crippen molar-refractivity contribution in [2.75, 3.05) is 26.8 Å². The van der Waals surface area contributed by atoms with Crippen LogP contribution in [0.15, 0.2) is 24.3 Å². The summed E-state index contributed by atoms with van der Waals surface area (Å²) in [5.74, 6) is 0. The molecule has 1 atom stereocenters. The second-order valence-corrected chi connectivity index (χ2v) is 4.26. The largest absolute Gasteiger partial charge is 0.384 e. The number of rotatable bonds is 6. The first-order valence-electron chi connectivity index (χ1n) is 5.56. The maximum Gasteiger partial charge on any atom is 0.0994 e. The normalized spacial score (nSPS) is 14.8. The molecule has 1 rings (SSSR count). The summed E-state index contributed by atoms with van der Waals surface area (Å²) in [4.78, 5) is 0. The van der Waals surface area contributed by atoms with Crippen molar-refractivity contribution in [3.05, 3.63) is 35.4 Å². The van der Waals surface area contributed by atoms with Gasteiger partial charge >= 0.3 is 0 Å². The van der Waals surface area contributed by atoms with Crippen LogP contribution in [0.5, 0.6) is 0 Å². The van der Waals surface area contributed by atoms with Crippen molar-refractivity contribution in [3.8, 4) is 0 Å². The molecule has 2 N–H and O–H groups in total. The zero-order chi connectivity index (χ0) is 12.0. The van der Waals surface area contributed by atoms with Gasteiger partial charge in [0.05, 0.1) is 12.2 Å². The molecule has 0 aliphatic rings. The predicted octanol–water partition coefficient (Wildman–Crippen LogP) is 1.44. The molecule has 0 radical (unpaired) electrons. The molecule has 0 amide bonds. The third-order valence-electron chi connectivity index (χ3n) is 2.68. The van der Waals surface area contributed by atoms with E-state index in [0.717, 1.165) is 17.7 Å². The van der Waals surface area contributed by atoms with Gasteiger partial charge in [0.15, 0.2) is 0 Å². The molecule has 1 unspecified atom stereocenters. The molecule has 0 aromatic heterocycles. The molecule has 0 spiro atoms. The van der Waals surface area contributed by atoms with Gasteiger partial charge in [-0.2, -0.15) is 0 Å². The smallest absolute Gasteiger partial charge is 0.0994 e. The van der Waals surface area contributed by atoms with Crippen molar-refractivity contribution in [1.82, 2.24) is 5.32 Å². The first kappa shape index (κ1) is 13.2. The molecule has 3 nitrogen and oxygen atoms in total. The van der Waals surface area contributed by atoms with Crippen LogP contribution in [0, 0.1) is 6.92 Å². The van der Waals surface area contributed by atoms with Gasteiger partial charge in [0, 0.05) is 20.2 Å². The van der Waals surface area contributed by atoms with Crippen LogP contribution >= 0.6 is 0 Å². The van der Waals surface area contributed by atoms with Gasteiger partial charge in [0.1, 0.15) is 0 Å². The molecule has 0 saturated carbocycles. The van der Waals surface area contributed by atoms with E-state index in [-0.39, 0.29) is 0 Å². The Morgan fingerprint density at radius 3 is 2.69 bits per heavy atom. The molecule has 1 aromatic carbocycles. The number of ether oxygens (including phenoxy) is 1. The molecule has 0 heterocycles. The van der Waals surface area contributed by atoms with Crippen LogP contribution in [-0.2, 0) is 10.3 Å². The van der Waals surface area contributed by atoms with Crippen LogP contribution in [0.4, 0.5) is 0 Å². The van der Waals surface area contributed by atoms with Crippen LogP contribution in [0.1, 0.15) is 18.1 Å². The highest BCUT2D eigenvalue weighted by molar-refractivity contribution is 5.30. The minimum atomic E-state index is -0.834. The van der Waals surface area contributed by atoms with Crippen molar-refractivity contribution in [3.63, 3.8) is 0 Å². The first-order chi connectivity index (χ1) is 7.58. The number of aryl methyl sites for hydroxylation is 1. The van der Waals surface area contributed by atoms with E-state index in [0.29, 0.717) is 13.2 Å². The molecular formula is C13H21NO2. The number of benzene rings is 1. The Kier molecular flexibility index (Phi) is 4.93. The SMILES string of the molecule is COCCNCC(C)(O)c1ccccc1C. The van der Waals surface area contributed by atoms with E-state index in [1.54, 1.807) is 7.11 Å². The van der Waals surface area contributed by atoms with Crippen LogP contribution in [0.25, 0.3) is 0 Å². The fourth-order valence-electron chi connectivity index (χ4n) is 1.78. The molecule has 0 fully saturated rings. The van der Waals surface area contributed by atoms with Crippen LogP contribution in [0.3, 0.4) is 0 Å². The van der Waals surface area contributed by atoms with E-state index >= 15 is 0 Å². The molecular weight excluding hydrogens is 202 g/mol. The van der Waals surface area contributed by atoms with Gasteiger partial charge in [-0.15, -0.1) is 0 Å². The quantitative estimate of drug-likeness (QED) is 0.717. The summed E-state index contributed by atoms with van der Waals surface area (Å²) in [6.07, 6.45) is 0. The Bertz CT molecular complexity index is 323. The van der Waals surface area contributed by atoms with E-state index < -0.39 is 5.60 Å². The average molecular weight is 223 g/mol. The standard InChI is InChI=1S/C13H21NO2/c1-11-6-4-5-7-12(11)13(2,15)10-14-8-9-16-3/h4-7,14-15H,8-10H2,1-3H3. The lowest BCUT2D eigenvalue weighted by molar-refractivity contribution is 0.0544. The Morgan fingerprint density at radius 1 is 1.38 bits per heavy atom. The summed E-state index contributed by atoms with van der Waals surface area (Å²) in [6.45, 7) is 5.78. The number of aliphatic hydroxyl groups is 1. The van der Waals surface area contributed by atoms with Crippen molar-refractivity contribution in [2.24, 2.45) is 0 Å². The zero-order valence-electron chi connectivity index (χ0n) is 10.3. The van der Waals surface area contributed by atoms with Gasteiger partial charge in [-0.3, -0.25) is 0 Å². The highest BCUT2D eigenvalue weighted by atomic mass is 16.5. The molecule has 0 saturated heterocycles. The lowest BCUT2D eigenvalue weighted by Crippen LogP contribution is -2.37. The molecule has 1 aromatic rings. The summed E-state index contributed by atoms with van der Waals surface area (Å²) in [6, 6.07) is 7.91. The fourth-order valence-corrected chi connectivity index (χ4v) is 1.78. The van der Waals surface area contributed by atoms with Gasteiger partial charge in [-0.1, -0.05) is 24.3 Å². The molecule has 16 heavy (non-hydrogen) atoms. The Balaban J connectivity index is 2.59. The van der Waals surface area contributed by atoms with Gasteiger partial charge in [-0.05, 0) is 25.0 Å². The second-order valence-electron chi connectivity index (χ2n) is 4.26. The average Bonchev–Trinajstić information content (AvgIpc) is 2.25. The Labute approximate surface area is 97.4 Å². The third-order valence-corrected chi connectivity index (χ3v) is 2.68. The molecule has 0 aliphatic carbocycles. The summed E-state index contributed by atoms with van der Waals surface area (Å²) in [7, 11) is 1.67. The predicted molar refractivity (Wildman–Crippen MR) is 65.5 cm³/mol. The number of hydrogen-bond donors (Lipinski definition) is 2. The summed E-state index contributed by atoms with van der Waals surface area (Å²) < 4.78 is 4.94. The van der Waals surface area contributed by atoms with E-state index in [1.165, 1.54) is 0 Å². The van der Waals surface area contributed by atoms with Gasteiger partial charge in [0.2, 0.25) is 0 Å². The summed E-state index contributed by atoms with van der Waals surface area (Å²) >= 11 is 0. The van der Waals surface area contributed by atoms with E-state index in [4.69, 9.17) is 4.74 Å². The van der Waals surface area contributed by atoms with E-state index in [2.05, 4.69) is 5.32 Å². The van der Waals surface area contributed by atoms with Crippen LogP contribution < -0.4 is 5.32 Å². The fraction of sp³-hybridized carbons (Fsp3) is 0.538. The van der Waals surface area contributed by atoms with Crippen molar-refractivity contribution >= 4 is 0 Å². The Hall–Kier alpha value is -0.900. The summed E-state index contributed by atoms with van der Waals surface area (Å²) in [5.41, 5.74) is 1.25. The molecule has 90 valence electrons. The summed E-state index contributed by atoms with van der Waals surface area (Å²) in [5, 5.41) is 13.5. The van der Waals surface area contributed by atoms with Crippen LogP contribution in [-0.4, -0.2) is 31.9 Å².